The van der Waals surface area contributed by atoms with E-state index >= 15 is 0 Å². The molecule has 104 valence electrons. The molecule has 2 aliphatic rings. The molecule has 1 aromatic rings. The molecule has 6 nitrogen and oxygen atoms in total. The third kappa shape index (κ3) is 2.05. The second-order valence-corrected chi connectivity index (χ2v) is 6.63. The highest BCUT2D eigenvalue weighted by atomic mass is 32.2. The van der Waals surface area contributed by atoms with E-state index in [4.69, 9.17) is 0 Å². The number of amides is 1. The Labute approximate surface area is 114 Å². The summed E-state index contributed by atoms with van der Waals surface area (Å²) in [5.41, 5.74) is 1.67. The van der Waals surface area contributed by atoms with E-state index in [9.17, 15) is 9.00 Å². The van der Waals surface area contributed by atoms with Crippen LogP contribution in [0.2, 0.25) is 0 Å². The molecule has 19 heavy (non-hydrogen) atoms. The number of anilines is 2. The van der Waals surface area contributed by atoms with Crippen LogP contribution in [0.1, 0.15) is 19.0 Å². The molecule has 1 N–H and O–H groups in total. The maximum atomic E-state index is 12.0. The molecule has 1 amide bonds. The lowest BCUT2D eigenvalue weighted by Crippen LogP contribution is -2.47. The van der Waals surface area contributed by atoms with E-state index < -0.39 is 10.8 Å². The van der Waals surface area contributed by atoms with Crippen LogP contribution in [-0.4, -0.2) is 44.0 Å². The zero-order valence-corrected chi connectivity index (χ0v) is 12.0. The average molecular weight is 282 g/mol. The molecule has 1 fully saturated rings. The van der Waals surface area contributed by atoms with Crippen molar-refractivity contribution in [1.82, 2.24) is 9.78 Å². The molecule has 7 heteroatoms. The molecule has 0 aromatic carbocycles. The van der Waals surface area contributed by atoms with Crippen molar-refractivity contribution in [1.29, 1.82) is 0 Å². The van der Waals surface area contributed by atoms with Crippen LogP contribution in [0.15, 0.2) is 0 Å². The van der Waals surface area contributed by atoms with Gasteiger partial charge in [0.2, 0.25) is 5.91 Å². The number of aromatic nitrogens is 2. The van der Waals surface area contributed by atoms with E-state index in [1.54, 1.807) is 0 Å². The Morgan fingerprint density at radius 3 is 3.05 bits per heavy atom. The van der Waals surface area contributed by atoms with Gasteiger partial charge in [-0.25, -0.2) is 4.68 Å². The van der Waals surface area contributed by atoms with E-state index in [-0.39, 0.29) is 11.9 Å². The molecule has 2 atom stereocenters. The number of nitrogens with one attached hydrogen (secondary N) is 1. The van der Waals surface area contributed by atoms with Crippen molar-refractivity contribution in [2.75, 3.05) is 28.3 Å². The highest BCUT2D eigenvalue weighted by Gasteiger charge is 2.35. The number of nitrogens with zero attached hydrogens (tertiary/aromatic N) is 3. The Kier molecular flexibility index (Phi) is 3.08. The summed E-state index contributed by atoms with van der Waals surface area (Å²) >= 11 is 0. The fraction of sp³-hybridized carbons (Fsp3) is 0.667. The van der Waals surface area contributed by atoms with Crippen LogP contribution in [0.25, 0.3) is 0 Å². The SMILES string of the molecule is CCn1nc(C)c2c1N1CCS(=O)CC1CC(=O)N2. The second kappa shape index (κ2) is 4.63. The number of aryl methyl sites for hydroxylation is 2. The second-order valence-electron chi connectivity index (χ2n) is 5.01. The average Bonchev–Trinajstić information content (AvgIpc) is 2.59. The van der Waals surface area contributed by atoms with Crippen LogP contribution in [0.4, 0.5) is 11.5 Å². The fourth-order valence-corrected chi connectivity index (χ4v) is 4.14. The van der Waals surface area contributed by atoms with Crippen LogP contribution < -0.4 is 10.2 Å². The number of carbonyl (C=O) groups excluding carboxylic acids is 1. The smallest absolute Gasteiger partial charge is 0.226 e. The molecule has 2 unspecified atom stereocenters. The van der Waals surface area contributed by atoms with Gasteiger partial charge in [-0.2, -0.15) is 5.10 Å². The molecular weight excluding hydrogens is 264 g/mol. The highest BCUT2D eigenvalue weighted by molar-refractivity contribution is 7.85. The monoisotopic (exact) mass is 282 g/mol. The molecule has 0 bridgehead atoms. The molecule has 0 saturated carbocycles. The zero-order valence-electron chi connectivity index (χ0n) is 11.2. The summed E-state index contributed by atoms with van der Waals surface area (Å²) in [5.74, 6) is 2.21. The Balaban J connectivity index is 2.10. The van der Waals surface area contributed by atoms with Gasteiger partial charge in [0.1, 0.15) is 5.69 Å². The lowest BCUT2D eigenvalue weighted by molar-refractivity contribution is -0.116. The first-order valence-electron chi connectivity index (χ1n) is 6.59. The first kappa shape index (κ1) is 12.7. The van der Waals surface area contributed by atoms with Gasteiger partial charge in [-0.1, -0.05) is 0 Å². The minimum Gasteiger partial charge on any atom is -0.350 e. The fourth-order valence-electron chi connectivity index (χ4n) is 2.85. The molecule has 0 spiro atoms. The van der Waals surface area contributed by atoms with Gasteiger partial charge in [-0.15, -0.1) is 0 Å². The number of rotatable bonds is 1. The van der Waals surface area contributed by atoms with Crippen molar-refractivity contribution in [2.24, 2.45) is 0 Å². The number of hydrogen-bond donors (Lipinski definition) is 1. The topological polar surface area (TPSA) is 67.2 Å². The predicted octanol–water partition coefficient (Wildman–Crippen LogP) is 0.491. The first-order valence-corrected chi connectivity index (χ1v) is 8.07. The van der Waals surface area contributed by atoms with Gasteiger partial charge in [-0.3, -0.25) is 9.00 Å². The molecule has 0 aliphatic carbocycles. The summed E-state index contributed by atoms with van der Waals surface area (Å²) in [6.45, 7) is 5.44. The standard InChI is InChI=1S/C12H18N4O2S/c1-3-16-12-11(8(2)14-16)13-10(17)6-9-7-19(18)5-4-15(9)12/h9H,3-7H2,1-2H3,(H,13,17). The third-order valence-electron chi connectivity index (χ3n) is 3.74. The zero-order chi connectivity index (χ0) is 13.6. The maximum Gasteiger partial charge on any atom is 0.226 e. The molecule has 2 aliphatic heterocycles. The van der Waals surface area contributed by atoms with Crippen LogP contribution in [0.5, 0.6) is 0 Å². The van der Waals surface area contributed by atoms with E-state index in [1.807, 2.05) is 18.5 Å². The third-order valence-corrected chi connectivity index (χ3v) is 5.13. The van der Waals surface area contributed by atoms with Crippen molar-refractivity contribution < 1.29 is 9.00 Å². The number of hydrogen-bond acceptors (Lipinski definition) is 4. The van der Waals surface area contributed by atoms with Gasteiger partial charge >= 0.3 is 0 Å². The summed E-state index contributed by atoms with van der Waals surface area (Å²) in [6, 6.07) is 0.0252. The summed E-state index contributed by atoms with van der Waals surface area (Å²) in [6.07, 6.45) is 0.406. The molecule has 3 rings (SSSR count). The quantitative estimate of drug-likeness (QED) is 0.814. The molecule has 0 radical (unpaired) electrons. The van der Waals surface area contributed by atoms with E-state index in [2.05, 4.69) is 15.3 Å². The molecule has 1 saturated heterocycles. The van der Waals surface area contributed by atoms with Gasteiger partial charge in [-0.05, 0) is 13.8 Å². The van der Waals surface area contributed by atoms with Crippen LogP contribution in [0.3, 0.4) is 0 Å². The van der Waals surface area contributed by atoms with Crippen molar-refractivity contribution in [3.05, 3.63) is 5.69 Å². The van der Waals surface area contributed by atoms with E-state index in [1.165, 1.54) is 0 Å². The van der Waals surface area contributed by atoms with Crippen LogP contribution in [0, 0.1) is 6.92 Å². The lowest BCUT2D eigenvalue weighted by Gasteiger charge is -2.35. The number of fused-ring (bicyclic) bond motifs is 3. The normalized spacial score (nSPS) is 26.4. The summed E-state index contributed by atoms with van der Waals surface area (Å²) in [7, 11) is -0.811. The first-order chi connectivity index (χ1) is 9.10. The Hall–Kier alpha value is -1.37. The maximum absolute atomic E-state index is 12.0. The summed E-state index contributed by atoms with van der Waals surface area (Å²) in [4.78, 5) is 14.2. The van der Waals surface area contributed by atoms with Crippen molar-refractivity contribution in [2.45, 2.75) is 32.9 Å². The van der Waals surface area contributed by atoms with Gasteiger partial charge in [0.15, 0.2) is 5.82 Å². The molecule has 1 aromatic heterocycles. The minimum atomic E-state index is -0.811. The largest absolute Gasteiger partial charge is 0.350 e. The molecular formula is C12H18N4O2S. The van der Waals surface area contributed by atoms with Crippen molar-refractivity contribution in [3.8, 4) is 0 Å². The van der Waals surface area contributed by atoms with Gasteiger partial charge in [0, 0.05) is 41.8 Å². The van der Waals surface area contributed by atoms with E-state index in [0.29, 0.717) is 17.9 Å². The van der Waals surface area contributed by atoms with Crippen molar-refractivity contribution >= 4 is 28.2 Å². The highest BCUT2D eigenvalue weighted by Crippen LogP contribution is 2.35. The number of carbonyl (C=O) groups is 1. The molecule has 3 heterocycles. The van der Waals surface area contributed by atoms with Gasteiger partial charge in [0.05, 0.1) is 11.7 Å². The van der Waals surface area contributed by atoms with Crippen molar-refractivity contribution in [3.63, 3.8) is 0 Å². The van der Waals surface area contributed by atoms with Gasteiger partial charge in [0.25, 0.3) is 0 Å². The predicted molar refractivity (Wildman–Crippen MR) is 74.9 cm³/mol. The van der Waals surface area contributed by atoms with Crippen LogP contribution in [-0.2, 0) is 22.1 Å². The van der Waals surface area contributed by atoms with Crippen LogP contribution >= 0.6 is 0 Å². The van der Waals surface area contributed by atoms with Gasteiger partial charge < -0.3 is 10.2 Å². The lowest BCUT2D eigenvalue weighted by atomic mass is 10.2. The summed E-state index contributed by atoms with van der Waals surface area (Å²) in [5, 5.41) is 7.44. The Morgan fingerprint density at radius 1 is 1.53 bits per heavy atom. The Morgan fingerprint density at radius 2 is 2.32 bits per heavy atom. The minimum absolute atomic E-state index is 0.00796. The summed E-state index contributed by atoms with van der Waals surface area (Å²) < 4.78 is 13.7. The Bertz CT molecular complexity index is 554. The van der Waals surface area contributed by atoms with E-state index in [0.717, 1.165) is 30.3 Å².